The summed E-state index contributed by atoms with van der Waals surface area (Å²) in [5.74, 6) is 0.0119. The molecule has 0 saturated carbocycles. The van der Waals surface area contributed by atoms with Crippen LogP contribution >= 0.6 is 0 Å². The first-order chi connectivity index (χ1) is 19.9. The third kappa shape index (κ3) is 14.7. The summed E-state index contributed by atoms with van der Waals surface area (Å²) < 4.78 is 12.3. The Hall–Kier alpha value is -2.38. The predicted octanol–water partition coefficient (Wildman–Crippen LogP) is 5.67. The number of rotatable bonds is 22. The molecule has 2 rings (SSSR count). The van der Waals surface area contributed by atoms with Gasteiger partial charge in [0.15, 0.2) is 0 Å². The van der Waals surface area contributed by atoms with Crippen molar-refractivity contribution in [3.63, 3.8) is 0 Å². The number of esters is 1. The van der Waals surface area contributed by atoms with E-state index in [-0.39, 0.29) is 28.9 Å². The molecule has 0 bridgehead atoms. The highest BCUT2D eigenvalue weighted by Crippen LogP contribution is 2.21. The minimum absolute atomic E-state index is 0. The van der Waals surface area contributed by atoms with Crippen LogP contribution in [0.25, 0.3) is 0 Å². The van der Waals surface area contributed by atoms with Crippen molar-refractivity contribution in [3.05, 3.63) is 59.7 Å². The maximum Gasteiger partial charge on any atom is 0.338 e. The van der Waals surface area contributed by atoms with Crippen LogP contribution in [0.15, 0.2) is 48.5 Å². The van der Waals surface area contributed by atoms with Gasteiger partial charge in [-0.2, -0.15) is 0 Å². The summed E-state index contributed by atoms with van der Waals surface area (Å²) in [6, 6.07) is 14.2. The van der Waals surface area contributed by atoms with E-state index in [1.54, 1.807) is 30.3 Å². The molecule has 236 valence electrons. The molecule has 1 amide bonds. The monoisotopic (exact) mass is 646 g/mol. The van der Waals surface area contributed by atoms with E-state index in [2.05, 4.69) is 33.1 Å². The van der Waals surface area contributed by atoms with Crippen LogP contribution in [0.2, 0.25) is 0 Å². The van der Waals surface area contributed by atoms with Gasteiger partial charge >= 0.3 is 5.97 Å². The van der Waals surface area contributed by atoms with Gasteiger partial charge in [0.05, 0.1) is 37.9 Å². The lowest BCUT2D eigenvalue weighted by Crippen LogP contribution is -3.00. The molecule has 0 spiro atoms. The molecule has 0 saturated heterocycles. The number of likely N-dealkylation sites (N-methyl/N-ethyl adjacent to an activating group) is 1. The molecule has 0 fully saturated rings. The van der Waals surface area contributed by atoms with Gasteiger partial charge in [-0.3, -0.25) is 4.79 Å². The number of hydrogen-bond acceptors (Lipinski definition) is 4. The topological polar surface area (TPSA) is 64.6 Å². The fourth-order valence-corrected chi connectivity index (χ4v) is 4.78. The maximum atomic E-state index is 13.0. The van der Waals surface area contributed by atoms with Crippen LogP contribution < -0.4 is 27.0 Å². The van der Waals surface area contributed by atoms with Crippen molar-refractivity contribution in [1.29, 1.82) is 0 Å². The van der Waals surface area contributed by atoms with Crippen molar-refractivity contribution in [2.24, 2.45) is 0 Å². The minimum Gasteiger partial charge on any atom is -1.00 e. The molecule has 2 aromatic carbocycles. The number of nitrogens with one attached hydrogen (secondary N) is 1. The predicted molar refractivity (Wildman–Crippen MR) is 170 cm³/mol. The third-order valence-corrected chi connectivity index (χ3v) is 8.16. The molecule has 0 radical (unpaired) electrons. The van der Waals surface area contributed by atoms with E-state index in [0.717, 1.165) is 37.0 Å². The summed E-state index contributed by atoms with van der Waals surface area (Å²) in [5, 5.41) is 2.92. The summed E-state index contributed by atoms with van der Waals surface area (Å²) in [4.78, 5) is 25.4. The van der Waals surface area contributed by atoms with Gasteiger partial charge in [-0.05, 0) is 56.7 Å². The molecule has 2 aromatic rings. The van der Waals surface area contributed by atoms with E-state index in [0.29, 0.717) is 35.8 Å². The molecular formula is C35H55BrN2O4. The molecule has 0 aliphatic carbocycles. The van der Waals surface area contributed by atoms with Crippen molar-refractivity contribution < 1.29 is 40.5 Å². The highest BCUT2D eigenvalue weighted by atomic mass is 79.9. The molecule has 42 heavy (non-hydrogen) atoms. The SMILES string of the molecule is CCCCCCCCCCCCCCOc1ccccc1C(=O)Nc1ccc(C(=O)OCC[N+](C)(CC)CC)cc1.[Br-]. The van der Waals surface area contributed by atoms with E-state index in [4.69, 9.17) is 9.47 Å². The Morgan fingerprint density at radius 2 is 1.26 bits per heavy atom. The van der Waals surface area contributed by atoms with Crippen LogP contribution in [-0.2, 0) is 4.74 Å². The second-order valence-corrected chi connectivity index (χ2v) is 11.4. The van der Waals surface area contributed by atoms with Crippen molar-refractivity contribution in [2.45, 2.75) is 97.8 Å². The number of unbranched alkanes of at least 4 members (excludes halogenated alkanes) is 11. The number of ether oxygens (including phenoxy) is 2. The Bertz CT molecular complexity index is 1010. The number of benzene rings is 2. The van der Waals surface area contributed by atoms with Crippen molar-refractivity contribution >= 4 is 17.6 Å². The number of carbonyl (C=O) groups excluding carboxylic acids is 2. The van der Waals surface area contributed by atoms with E-state index in [1.807, 2.05) is 18.2 Å². The fraction of sp³-hybridized carbons (Fsp3) is 0.600. The Labute approximate surface area is 265 Å². The second-order valence-electron chi connectivity index (χ2n) is 11.4. The average Bonchev–Trinajstić information content (AvgIpc) is 2.99. The first-order valence-corrected chi connectivity index (χ1v) is 16.1. The highest BCUT2D eigenvalue weighted by Gasteiger charge is 2.18. The Morgan fingerprint density at radius 3 is 1.83 bits per heavy atom. The number of quaternary nitrogens is 1. The number of hydrogen-bond donors (Lipinski definition) is 1. The van der Waals surface area contributed by atoms with Gasteiger partial charge in [0, 0.05) is 5.69 Å². The Balaban J connectivity index is 0.00000882. The highest BCUT2D eigenvalue weighted by molar-refractivity contribution is 6.06. The van der Waals surface area contributed by atoms with Crippen LogP contribution in [0.4, 0.5) is 5.69 Å². The van der Waals surface area contributed by atoms with Crippen molar-refractivity contribution in [2.75, 3.05) is 45.2 Å². The Morgan fingerprint density at radius 1 is 0.714 bits per heavy atom. The molecule has 0 aliphatic rings. The van der Waals surface area contributed by atoms with Gasteiger partial charge in [0.1, 0.15) is 18.9 Å². The molecule has 1 N–H and O–H groups in total. The summed E-state index contributed by atoms with van der Waals surface area (Å²) in [5.41, 5.74) is 1.59. The molecule has 0 atom stereocenters. The Kier molecular flexibility index (Phi) is 19.9. The van der Waals surface area contributed by atoms with Crippen LogP contribution in [-0.4, -0.2) is 56.3 Å². The second kappa shape index (κ2) is 22.2. The quantitative estimate of drug-likeness (QED) is 0.102. The molecule has 0 aliphatic heterocycles. The number of halogens is 1. The largest absolute Gasteiger partial charge is 1.00 e. The fourth-order valence-electron chi connectivity index (χ4n) is 4.78. The molecule has 0 unspecified atom stereocenters. The summed E-state index contributed by atoms with van der Waals surface area (Å²) in [7, 11) is 2.16. The standard InChI is InChI=1S/C35H54N2O4.BrH/c1-5-8-9-10-11-12-13-14-15-16-17-20-28-40-33-22-19-18-21-32(33)34(38)36-31-25-23-30(24-26-31)35(39)41-29-27-37(4,6-2)7-3;/h18-19,21-26H,5-17,20,27-29H2,1-4H3;1H. The van der Waals surface area contributed by atoms with Crippen molar-refractivity contribution in [3.8, 4) is 5.75 Å². The maximum absolute atomic E-state index is 13.0. The summed E-state index contributed by atoms with van der Waals surface area (Å²) >= 11 is 0. The minimum atomic E-state index is -0.349. The zero-order valence-electron chi connectivity index (χ0n) is 26.6. The van der Waals surface area contributed by atoms with Gasteiger partial charge in [-0.1, -0.05) is 89.7 Å². The van der Waals surface area contributed by atoms with Gasteiger partial charge in [0.2, 0.25) is 0 Å². The van der Waals surface area contributed by atoms with Crippen LogP contribution in [0, 0.1) is 0 Å². The van der Waals surface area contributed by atoms with Crippen LogP contribution in [0.1, 0.15) is 119 Å². The van der Waals surface area contributed by atoms with Crippen LogP contribution in [0.5, 0.6) is 5.75 Å². The van der Waals surface area contributed by atoms with E-state index < -0.39 is 0 Å². The van der Waals surface area contributed by atoms with E-state index >= 15 is 0 Å². The van der Waals surface area contributed by atoms with Gasteiger partial charge < -0.3 is 36.3 Å². The number of carbonyl (C=O) groups is 2. The van der Waals surface area contributed by atoms with E-state index in [1.165, 1.54) is 64.2 Å². The number of nitrogens with zero attached hydrogens (tertiary/aromatic N) is 1. The number of para-hydroxylation sites is 1. The summed E-state index contributed by atoms with van der Waals surface area (Å²) in [6.45, 7) is 10.3. The number of anilines is 1. The molecule has 0 aromatic heterocycles. The lowest BCUT2D eigenvalue weighted by molar-refractivity contribution is -0.906. The lowest BCUT2D eigenvalue weighted by Gasteiger charge is -2.31. The summed E-state index contributed by atoms with van der Waals surface area (Å²) in [6.07, 6.45) is 15.6. The molecule has 6 nitrogen and oxygen atoms in total. The van der Waals surface area contributed by atoms with Crippen molar-refractivity contribution in [1.82, 2.24) is 0 Å². The molecule has 0 heterocycles. The van der Waals surface area contributed by atoms with Crippen LogP contribution in [0.3, 0.4) is 0 Å². The lowest BCUT2D eigenvalue weighted by atomic mass is 10.1. The first kappa shape index (κ1) is 37.6. The van der Waals surface area contributed by atoms with Gasteiger partial charge in [-0.15, -0.1) is 0 Å². The zero-order valence-corrected chi connectivity index (χ0v) is 28.2. The smallest absolute Gasteiger partial charge is 0.338 e. The average molecular weight is 648 g/mol. The first-order valence-electron chi connectivity index (χ1n) is 16.1. The van der Waals surface area contributed by atoms with Gasteiger partial charge in [-0.25, -0.2) is 4.79 Å². The molecule has 7 heteroatoms. The normalized spacial score (nSPS) is 11.0. The van der Waals surface area contributed by atoms with Gasteiger partial charge in [0.25, 0.3) is 5.91 Å². The third-order valence-electron chi connectivity index (χ3n) is 8.16. The zero-order chi connectivity index (χ0) is 29.8. The van der Waals surface area contributed by atoms with E-state index in [9.17, 15) is 9.59 Å². The number of amides is 1. The molecular weight excluding hydrogens is 592 g/mol.